The lowest BCUT2D eigenvalue weighted by Crippen LogP contribution is -2.40. The molecule has 0 aliphatic carbocycles. The summed E-state index contributed by atoms with van der Waals surface area (Å²) in [7, 11) is -3.78. The van der Waals surface area contributed by atoms with Crippen molar-refractivity contribution in [2.45, 2.75) is 57.5 Å². The van der Waals surface area contributed by atoms with Crippen LogP contribution in [-0.4, -0.2) is 63.0 Å². The van der Waals surface area contributed by atoms with Crippen molar-refractivity contribution in [2.75, 3.05) is 19.7 Å². The van der Waals surface area contributed by atoms with Crippen LogP contribution in [0, 0.1) is 6.92 Å². The molecule has 3 aromatic rings. The zero-order chi connectivity index (χ0) is 23.8. The summed E-state index contributed by atoms with van der Waals surface area (Å²) in [5, 5.41) is 9.74. The van der Waals surface area contributed by atoms with E-state index in [0.29, 0.717) is 48.7 Å². The Kier molecular flexibility index (Phi) is 6.55. The van der Waals surface area contributed by atoms with Crippen LogP contribution in [0.1, 0.15) is 44.6 Å². The van der Waals surface area contributed by atoms with Crippen LogP contribution in [0.25, 0.3) is 17.0 Å². The van der Waals surface area contributed by atoms with Crippen molar-refractivity contribution in [3.63, 3.8) is 0 Å². The first-order valence-corrected chi connectivity index (χ1v) is 12.6. The highest BCUT2D eigenvalue weighted by Crippen LogP contribution is 2.32. The second-order valence-electron chi connectivity index (χ2n) is 8.13. The number of benzene rings is 1. The van der Waals surface area contributed by atoms with E-state index in [1.807, 2.05) is 13.8 Å². The molecule has 10 nitrogen and oxygen atoms in total. The Morgan fingerprint density at radius 1 is 1.21 bits per heavy atom. The number of aryl methyl sites for hydroxylation is 2. The van der Waals surface area contributed by atoms with Crippen molar-refractivity contribution in [1.29, 1.82) is 0 Å². The van der Waals surface area contributed by atoms with Gasteiger partial charge in [-0.2, -0.15) is 4.31 Å². The van der Waals surface area contributed by atoms with E-state index >= 15 is 0 Å². The third kappa shape index (κ3) is 4.40. The number of aromatic nitrogens is 4. The summed E-state index contributed by atoms with van der Waals surface area (Å²) in [6.45, 7) is 6.47. The van der Waals surface area contributed by atoms with Gasteiger partial charge in [0.2, 0.25) is 10.0 Å². The van der Waals surface area contributed by atoms with E-state index in [0.717, 1.165) is 12.1 Å². The Labute approximate surface area is 192 Å². The summed E-state index contributed by atoms with van der Waals surface area (Å²) < 4.78 is 35.1. The molecule has 0 unspecified atom stereocenters. The number of aliphatic hydroxyl groups is 1. The summed E-state index contributed by atoms with van der Waals surface area (Å²) in [5.74, 6) is 1.19. The normalized spacial score (nSPS) is 15.9. The molecule has 1 aliphatic rings. The van der Waals surface area contributed by atoms with Crippen LogP contribution < -0.4 is 10.4 Å². The molecule has 11 heteroatoms. The Bertz CT molecular complexity index is 1320. The van der Waals surface area contributed by atoms with Gasteiger partial charge in [-0.15, -0.1) is 0 Å². The van der Waals surface area contributed by atoms with Gasteiger partial charge in [0, 0.05) is 13.1 Å². The van der Waals surface area contributed by atoms with Crippen LogP contribution in [0.3, 0.4) is 0 Å². The van der Waals surface area contributed by atoms with E-state index in [2.05, 4.69) is 15.0 Å². The monoisotopic (exact) mass is 475 g/mol. The molecule has 1 saturated heterocycles. The van der Waals surface area contributed by atoms with Crippen LogP contribution in [0.4, 0.5) is 0 Å². The molecule has 0 amide bonds. The maximum atomic E-state index is 13.3. The van der Waals surface area contributed by atoms with Gasteiger partial charge in [-0.25, -0.2) is 27.6 Å². The molecule has 178 valence electrons. The Balaban J connectivity index is 1.85. The van der Waals surface area contributed by atoms with E-state index in [1.165, 1.54) is 20.8 Å². The fourth-order valence-corrected chi connectivity index (χ4v) is 5.62. The molecule has 2 aromatic heterocycles. The molecule has 1 aromatic carbocycles. The van der Waals surface area contributed by atoms with E-state index in [1.54, 1.807) is 13.0 Å². The summed E-state index contributed by atoms with van der Waals surface area (Å²) in [5.41, 5.74) is 1.16. The second-order valence-corrected chi connectivity index (χ2v) is 10.1. The molecular weight excluding hydrogens is 446 g/mol. The number of nitrogens with zero attached hydrogens (tertiary/aromatic N) is 4. The molecule has 0 bridgehead atoms. The molecule has 0 atom stereocenters. The van der Waals surface area contributed by atoms with E-state index in [-0.39, 0.29) is 23.8 Å². The van der Waals surface area contributed by atoms with Crippen LogP contribution in [0.5, 0.6) is 5.75 Å². The van der Waals surface area contributed by atoms with Gasteiger partial charge in [0.05, 0.1) is 28.9 Å². The zero-order valence-corrected chi connectivity index (χ0v) is 19.9. The number of ether oxygens (including phenoxy) is 1. The highest BCUT2D eigenvalue weighted by molar-refractivity contribution is 7.89. The van der Waals surface area contributed by atoms with Gasteiger partial charge in [-0.05, 0) is 51.3 Å². The van der Waals surface area contributed by atoms with Gasteiger partial charge in [0.1, 0.15) is 17.4 Å². The van der Waals surface area contributed by atoms with E-state index < -0.39 is 21.8 Å². The minimum Gasteiger partial charge on any atom is -0.493 e. The molecule has 33 heavy (non-hydrogen) atoms. The van der Waals surface area contributed by atoms with Crippen molar-refractivity contribution in [3.05, 3.63) is 40.2 Å². The number of rotatable bonds is 7. The van der Waals surface area contributed by atoms with Gasteiger partial charge in [0.15, 0.2) is 5.65 Å². The highest BCUT2D eigenvalue weighted by atomic mass is 32.2. The third-order valence-electron chi connectivity index (χ3n) is 5.79. The molecule has 0 saturated carbocycles. The Morgan fingerprint density at radius 3 is 2.61 bits per heavy atom. The van der Waals surface area contributed by atoms with Crippen molar-refractivity contribution in [3.8, 4) is 17.1 Å². The fraction of sp³-hybridized carbons (Fsp3) is 0.500. The average Bonchev–Trinajstić information content (AvgIpc) is 3.10. The van der Waals surface area contributed by atoms with Crippen LogP contribution in [-0.2, 0) is 16.4 Å². The quantitative estimate of drug-likeness (QED) is 0.534. The standard InChI is InChI=1S/C22H29N5O5S/c1-4-6-18-21-24-20(25-22(29)27(21)14(3)23-18)17-13-16(7-8-19(17)32-5-2)33(30,31)26-11-9-15(28)10-12-26/h7-8,13,15,28H,4-6,9-12H2,1-3H3,(H,24,25,29). The predicted octanol–water partition coefficient (Wildman–Crippen LogP) is 1.89. The second kappa shape index (κ2) is 9.24. The Morgan fingerprint density at radius 2 is 1.94 bits per heavy atom. The fourth-order valence-electron chi connectivity index (χ4n) is 4.13. The van der Waals surface area contributed by atoms with Crippen molar-refractivity contribution in [2.24, 2.45) is 0 Å². The van der Waals surface area contributed by atoms with Gasteiger partial charge < -0.3 is 9.84 Å². The van der Waals surface area contributed by atoms with Crippen LogP contribution >= 0.6 is 0 Å². The molecule has 1 aliphatic heterocycles. The van der Waals surface area contributed by atoms with Gasteiger partial charge in [-0.3, -0.25) is 4.98 Å². The minimum absolute atomic E-state index is 0.0818. The van der Waals surface area contributed by atoms with Crippen molar-refractivity contribution < 1.29 is 18.3 Å². The first kappa shape index (κ1) is 23.4. The number of aromatic amines is 1. The number of H-pyrrole nitrogens is 1. The third-order valence-corrected chi connectivity index (χ3v) is 7.69. The average molecular weight is 476 g/mol. The zero-order valence-electron chi connectivity index (χ0n) is 19.0. The molecule has 3 heterocycles. The van der Waals surface area contributed by atoms with Crippen LogP contribution in [0.2, 0.25) is 0 Å². The lowest BCUT2D eigenvalue weighted by atomic mass is 10.1. The van der Waals surface area contributed by atoms with Gasteiger partial charge in [0.25, 0.3) is 0 Å². The SMILES string of the molecule is CCCc1nc(C)n2c(=O)[nH]c(-c3cc(S(=O)(=O)N4CCC(O)CC4)ccc3OCC)nc12. The Hall–Kier alpha value is -2.76. The molecule has 4 rings (SSSR count). The largest absolute Gasteiger partial charge is 0.493 e. The topological polar surface area (TPSA) is 130 Å². The predicted molar refractivity (Wildman–Crippen MR) is 123 cm³/mol. The van der Waals surface area contributed by atoms with Crippen LogP contribution in [0.15, 0.2) is 27.9 Å². The summed E-state index contributed by atoms with van der Waals surface area (Å²) in [6.07, 6.45) is 1.83. The number of piperidine rings is 1. The molecule has 1 fully saturated rings. The molecule has 2 N–H and O–H groups in total. The maximum Gasteiger partial charge on any atom is 0.334 e. The number of hydrogen-bond donors (Lipinski definition) is 2. The number of nitrogens with one attached hydrogen (secondary N) is 1. The number of aliphatic hydroxyl groups excluding tert-OH is 1. The van der Waals surface area contributed by atoms with Crippen molar-refractivity contribution in [1.82, 2.24) is 23.7 Å². The number of hydrogen-bond acceptors (Lipinski definition) is 7. The summed E-state index contributed by atoms with van der Waals surface area (Å²) >= 11 is 0. The van der Waals surface area contributed by atoms with E-state index in [9.17, 15) is 18.3 Å². The molecular formula is C22H29N5O5S. The molecule has 0 radical (unpaired) electrons. The highest BCUT2D eigenvalue weighted by Gasteiger charge is 2.30. The van der Waals surface area contributed by atoms with E-state index in [4.69, 9.17) is 4.74 Å². The van der Waals surface area contributed by atoms with Gasteiger partial charge in [-0.1, -0.05) is 13.3 Å². The lowest BCUT2D eigenvalue weighted by Gasteiger charge is -2.29. The smallest absolute Gasteiger partial charge is 0.334 e. The first-order valence-electron chi connectivity index (χ1n) is 11.2. The summed E-state index contributed by atoms with van der Waals surface area (Å²) in [4.78, 5) is 24.9. The first-order chi connectivity index (χ1) is 15.8. The minimum atomic E-state index is -3.78. The number of imidazole rings is 1. The van der Waals surface area contributed by atoms with Crippen molar-refractivity contribution >= 4 is 15.7 Å². The number of fused-ring (bicyclic) bond motifs is 1. The lowest BCUT2D eigenvalue weighted by molar-refractivity contribution is 0.113. The summed E-state index contributed by atoms with van der Waals surface area (Å²) in [6, 6.07) is 4.57. The van der Waals surface area contributed by atoms with Gasteiger partial charge >= 0.3 is 5.69 Å². The maximum absolute atomic E-state index is 13.3. The molecule has 0 spiro atoms. The number of sulfonamides is 1.